The van der Waals surface area contributed by atoms with Gasteiger partial charge in [0.15, 0.2) is 0 Å². The highest BCUT2D eigenvalue weighted by molar-refractivity contribution is 7.90. The third kappa shape index (κ3) is 10.1. The normalized spacial score (nSPS) is 14.1. The van der Waals surface area contributed by atoms with Gasteiger partial charge in [-0.25, -0.2) is 26.7 Å². The second-order valence-corrected chi connectivity index (χ2v) is 8.12. The summed E-state index contributed by atoms with van der Waals surface area (Å²) in [5.41, 5.74) is -0.368. The summed E-state index contributed by atoms with van der Waals surface area (Å²) in [6, 6.07) is 0. The van der Waals surface area contributed by atoms with Crippen LogP contribution >= 0.6 is 0 Å². The molecule has 0 fully saturated rings. The molecule has 0 bridgehead atoms. The van der Waals surface area contributed by atoms with Crippen molar-refractivity contribution in [1.82, 2.24) is 4.72 Å². The Morgan fingerprint density at radius 2 is 1.60 bits per heavy atom. The zero-order valence-corrected chi connectivity index (χ0v) is 10.8. The molecule has 0 saturated carbocycles. The first kappa shape index (κ1) is 14.8. The molecule has 92 valence electrons. The van der Waals surface area contributed by atoms with Crippen molar-refractivity contribution in [2.45, 2.75) is 20.8 Å². The molecule has 0 unspecified atom stereocenters. The van der Waals surface area contributed by atoms with Crippen molar-refractivity contribution < 1.29 is 16.8 Å². The number of primary sulfonamides is 1. The molecular formula is C7H18N2O4S2. The van der Waals surface area contributed by atoms with Crippen LogP contribution in [0, 0.1) is 5.41 Å². The van der Waals surface area contributed by atoms with E-state index in [9.17, 15) is 16.8 Å². The largest absolute Gasteiger partial charge is 0.229 e. The fraction of sp³-hybridized carbons (Fsp3) is 1.00. The van der Waals surface area contributed by atoms with Crippen molar-refractivity contribution in [1.29, 1.82) is 0 Å². The van der Waals surface area contributed by atoms with Crippen LogP contribution in [0.5, 0.6) is 0 Å². The van der Waals surface area contributed by atoms with Gasteiger partial charge in [-0.2, -0.15) is 0 Å². The summed E-state index contributed by atoms with van der Waals surface area (Å²) in [4.78, 5) is 0. The van der Waals surface area contributed by atoms with Crippen LogP contribution < -0.4 is 9.86 Å². The molecule has 3 N–H and O–H groups in total. The van der Waals surface area contributed by atoms with Crippen molar-refractivity contribution in [3.63, 3.8) is 0 Å². The molecule has 0 rings (SSSR count). The minimum absolute atomic E-state index is 0.0510. The fourth-order valence-electron chi connectivity index (χ4n) is 0.961. The van der Waals surface area contributed by atoms with E-state index in [0.29, 0.717) is 0 Å². The molecule has 0 heterocycles. The maximum absolute atomic E-state index is 11.4. The van der Waals surface area contributed by atoms with Gasteiger partial charge in [0.1, 0.15) is 0 Å². The number of hydrogen-bond acceptors (Lipinski definition) is 4. The van der Waals surface area contributed by atoms with E-state index in [1.165, 1.54) is 0 Å². The quantitative estimate of drug-likeness (QED) is 0.676. The first-order valence-corrected chi connectivity index (χ1v) is 7.76. The Labute approximate surface area is 91.3 Å². The Morgan fingerprint density at radius 3 is 1.93 bits per heavy atom. The van der Waals surface area contributed by atoms with Crippen LogP contribution in [-0.4, -0.2) is 34.9 Å². The molecule has 0 amide bonds. The lowest BCUT2D eigenvalue weighted by molar-refractivity contribution is 0.458. The average molecular weight is 258 g/mol. The van der Waals surface area contributed by atoms with Crippen LogP contribution in [0.2, 0.25) is 0 Å². The first-order valence-electron chi connectivity index (χ1n) is 4.39. The van der Waals surface area contributed by atoms with Crippen molar-refractivity contribution in [3.05, 3.63) is 0 Å². The highest BCUT2D eigenvalue weighted by Gasteiger charge is 2.21. The minimum Gasteiger partial charge on any atom is -0.229 e. The fourth-order valence-corrected chi connectivity index (χ4v) is 3.13. The molecule has 0 aromatic heterocycles. The second-order valence-electron chi connectivity index (χ2n) is 4.58. The van der Waals surface area contributed by atoms with Gasteiger partial charge in [0.05, 0.1) is 11.5 Å². The average Bonchev–Trinajstić information content (AvgIpc) is 1.75. The number of nitrogens with one attached hydrogen (secondary N) is 1. The predicted molar refractivity (Wildman–Crippen MR) is 59.2 cm³/mol. The molecule has 8 heteroatoms. The van der Waals surface area contributed by atoms with Gasteiger partial charge in [-0.05, 0) is 5.41 Å². The van der Waals surface area contributed by atoms with Crippen molar-refractivity contribution in [3.8, 4) is 0 Å². The Hall–Kier alpha value is -0.180. The monoisotopic (exact) mass is 258 g/mol. The van der Waals surface area contributed by atoms with Gasteiger partial charge in [0, 0.05) is 6.54 Å². The van der Waals surface area contributed by atoms with Gasteiger partial charge < -0.3 is 0 Å². The summed E-state index contributed by atoms with van der Waals surface area (Å²) in [5.74, 6) is -0.443. The van der Waals surface area contributed by atoms with Crippen LogP contribution in [0.25, 0.3) is 0 Å². The predicted octanol–water partition coefficient (Wildman–Crippen LogP) is -0.760. The number of nitrogens with two attached hydrogens (primary N) is 1. The minimum atomic E-state index is -3.62. The summed E-state index contributed by atoms with van der Waals surface area (Å²) in [7, 11) is -7.05. The van der Waals surface area contributed by atoms with Crippen molar-refractivity contribution >= 4 is 20.0 Å². The van der Waals surface area contributed by atoms with Crippen molar-refractivity contribution in [2.75, 3.05) is 18.1 Å². The van der Waals surface area contributed by atoms with E-state index in [-0.39, 0.29) is 17.7 Å². The van der Waals surface area contributed by atoms with Gasteiger partial charge in [0.2, 0.25) is 20.0 Å². The molecule has 0 spiro atoms. The van der Waals surface area contributed by atoms with E-state index < -0.39 is 25.8 Å². The molecule has 0 aliphatic carbocycles. The zero-order chi connectivity index (χ0) is 12.3. The summed E-state index contributed by atoms with van der Waals surface area (Å²) >= 11 is 0. The van der Waals surface area contributed by atoms with E-state index in [2.05, 4.69) is 4.72 Å². The van der Waals surface area contributed by atoms with Crippen LogP contribution in [0.15, 0.2) is 0 Å². The smallest absolute Gasteiger partial charge is 0.212 e. The summed E-state index contributed by atoms with van der Waals surface area (Å²) < 4.78 is 46.0. The van der Waals surface area contributed by atoms with Gasteiger partial charge in [-0.15, -0.1) is 0 Å². The lowest BCUT2D eigenvalue weighted by Gasteiger charge is -2.18. The van der Waals surface area contributed by atoms with Gasteiger partial charge >= 0.3 is 0 Å². The maximum atomic E-state index is 11.4. The molecule has 0 saturated heterocycles. The number of rotatable bonds is 5. The molecule has 0 aromatic rings. The topological polar surface area (TPSA) is 106 Å². The first-order chi connectivity index (χ1) is 6.41. The van der Waals surface area contributed by atoms with E-state index in [4.69, 9.17) is 5.14 Å². The number of hydrogen-bond donors (Lipinski definition) is 2. The Kier molecular flexibility index (Phi) is 4.71. The standard InChI is InChI=1S/C7H18N2O4S2/c1-7(2,3)6-15(12,13)9-4-5-14(8,10)11/h9H,4-6H2,1-3H3,(H2,8,10,11). The summed E-state index contributed by atoms with van der Waals surface area (Å²) in [5, 5.41) is 4.73. The highest BCUT2D eigenvalue weighted by atomic mass is 32.2. The van der Waals surface area contributed by atoms with E-state index in [0.717, 1.165) is 0 Å². The Balaban J connectivity index is 4.19. The molecular weight excluding hydrogens is 240 g/mol. The summed E-state index contributed by atoms with van der Waals surface area (Å²) in [6.07, 6.45) is 0. The van der Waals surface area contributed by atoms with Crippen LogP contribution in [-0.2, 0) is 20.0 Å². The molecule has 0 aliphatic heterocycles. The van der Waals surface area contributed by atoms with Crippen LogP contribution in [0.3, 0.4) is 0 Å². The third-order valence-corrected chi connectivity index (χ3v) is 3.99. The molecule has 0 aromatic carbocycles. The van der Waals surface area contributed by atoms with E-state index >= 15 is 0 Å². The molecule has 15 heavy (non-hydrogen) atoms. The van der Waals surface area contributed by atoms with Gasteiger partial charge in [-0.3, -0.25) is 0 Å². The SMILES string of the molecule is CC(C)(C)CS(=O)(=O)NCCS(N)(=O)=O. The highest BCUT2D eigenvalue weighted by Crippen LogP contribution is 2.14. The van der Waals surface area contributed by atoms with Crippen LogP contribution in [0.4, 0.5) is 0 Å². The van der Waals surface area contributed by atoms with Crippen LogP contribution in [0.1, 0.15) is 20.8 Å². The zero-order valence-electron chi connectivity index (χ0n) is 9.15. The van der Waals surface area contributed by atoms with Gasteiger partial charge in [-0.1, -0.05) is 20.8 Å². The second kappa shape index (κ2) is 4.77. The number of sulfonamides is 2. The summed E-state index contributed by atoms with van der Waals surface area (Å²) in [6.45, 7) is 5.17. The lowest BCUT2D eigenvalue weighted by atomic mass is 10.0. The lowest BCUT2D eigenvalue weighted by Crippen LogP contribution is -2.36. The Morgan fingerprint density at radius 1 is 1.13 bits per heavy atom. The van der Waals surface area contributed by atoms with E-state index in [1.54, 1.807) is 20.8 Å². The Bertz CT molecular complexity index is 391. The molecule has 0 aliphatic rings. The maximum Gasteiger partial charge on any atom is 0.212 e. The molecule has 0 atom stereocenters. The van der Waals surface area contributed by atoms with E-state index in [1.807, 2.05) is 0 Å². The molecule has 0 radical (unpaired) electrons. The molecule has 6 nitrogen and oxygen atoms in total. The third-order valence-electron chi connectivity index (χ3n) is 1.33. The van der Waals surface area contributed by atoms with Crippen molar-refractivity contribution in [2.24, 2.45) is 10.6 Å². The van der Waals surface area contributed by atoms with Gasteiger partial charge in [0.25, 0.3) is 0 Å².